The number of rotatable bonds is 4. The van der Waals surface area contributed by atoms with Crippen molar-refractivity contribution in [3.05, 3.63) is 0 Å². The number of hydrogen-bond acceptors (Lipinski definition) is 4. The minimum absolute atomic E-state index is 0.168. The van der Waals surface area contributed by atoms with Gasteiger partial charge in [-0.2, -0.15) is 0 Å². The first kappa shape index (κ1) is 11.5. The van der Waals surface area contributed by atoms with Gasteiger partial charge in [0.25, 0.3) is 0 Å². The van der Waals surface area contributed by atoms with Gasteiger partial charge in [0, 0.05) is 18.6 Å². The van der Waals surface area contributed by atoms with Crippen LogP contribution in [0, 0.1) is 0 Å². The average molecular weight is 201 g/mol. The van der Waals surface area contributed by atoms with Gasteiger partial charge in [-0.1, -0.05) is 0 Å². The van der Waals surface area contributed by atoms with Crippen molar-refractivity contribution in [3.63, 3.8) is 0 Å². The molecule has 1 aliphatic heterocycles. The number of likely N-dealkylation sites (tertiary alicyclic amines) is 1. The minimum Gasteiger partial charge on any atom is -0.466 e. The molecule has 82 valence electrons. The number of carbonyl (C=O) groups is 1. The fraction of sp³-hybridized carbons (Fsp3) is 0.900. The van der Waals surface area contributed by atoms with Gasteiger partial charge in [0.2, 0.25) is 0 Å². The van der Waals surface area contributed by atoms with E-state index in [4.69, 9.17) is 9.84 Å². The van der Waals surface area contributed by atoms with Gasteiger partial charge < -0.3 is 9.84 Å². The summed E-state index contributed by atoms with van der Waals surface area (Å²) in [6.07, 6.45) is 0.157. The number of nitrogens with zero attached hydrogens (tertiary/aromatic N) is 1. The van der Waals surface area contributed by atoms with Crippen molar-refractivity contribution in [2.24, 2.45) is 0 Å². The molecule has 0 unspecified atom stereocenters. The fourth-order valence-electron chi connectivity index (χ4n) is 1.63. The molecule has 0 aromatic carbocycles. The Bertz CT molecular complexity index is 209. The molecule has 0 aromatic rings. The molecule has 1 fully saturated rings. The number of aliphatic hydroxyl groups is 1. The Morgan fingerprint density at radius 3 is 2.57 bits per heavy atom. The summed E-state index contributed by atoms with van der Waals surface area (Å²) in [4.78, 5) is 13.4. The number of carbonyl (C=O) groups excluding carboxylic acids is 1. The summed E-state index contributed by atoms with van der Waals surface area (Å²) in [5, 5.41) is 9.16. The zero-order valence-corrected chi connectivity index (χ0v) is 9.12. The summed E-state index contributed by atoms with van der Waals surface area (Å²) in [5.74, 6) is -0.168. The molecular formula is C10H19NO3. The van der Waals surface area contributed by atoms with Crippen LogP contribution in [0.15, 0.2) is 0 Å². The standard InChI is InChI=1S/C10H19NO3/c1-4-14-9(13)5-10(2,3)11-6-8(12)7-11/h8,12H,4-7H2,1-3H3. The second kappa shape index (κ2) is 4.28. The number of β-amino-alcohol motifs (C(OH)–C–C–N with tert-alkyl or cyclic N) is 1. The van der Waals surface area contributed by atoms with Crippen molar-refractivity contribution in [1.82, 2.24) is 4.90 Å². The molecule has 4 nitrogen and oxygen atoms in total. The molecule has 0 aliphatic carbocycles. The van der Waals surface area contributed by atoms with Crippen LogP contribution in [0.4, 0.5) is 0 Å². The molecule has 0 spiro atoms. The van der Waals surface area contributed by atoms with Gasteiger partial charge in [0.1, 0.15) is 0 Å². The Hall–Kier alpha value is -0.610. The van der Waals surface area contributed by atoms with Crippen LogP contribution in [0.5, 0.6) is 0 Å². The first-order chi connectivity index (χ1) is 6.45. The van der Waals surface area contributed by atoms with E-state index in [2.05, 4.69) is 4.90 Å². The maximum absolute atomic E-state index is 11.3. The van der Waals surface area contributed by atoms with Crippen molar-refractivity contribution in [2.75, 3.05) is 19.7 Å². The van der Waals surface area contributed by atoms with Gasteiger partial charge in [0.15, 0.2) is 0 Å². The molecule has 1 heterocycles. The second-order valence-electron chi connectivity index (χ2n) is 4.35. The van der Waals surface area contributed by atoms with Gasteiger partial charge in [-0.05, 0) is 20.8 Å². The lowest BCUT2D eigenvalue weighted by Gasteiger charge is -2.46. The van der Waals surface area contributed by atoms with E-state index in [1.54, 1.807) is 6.92 Å². The lowest BCUT2D eigenvalue weighted by molar-refractivity contribution is -0.148. The topological polar surface area (TPSA) is 49.8 Å². The van der Waals surface area contributed by atoms with Crippen molar-refractivity contribution in [1.29, 1.82) is 0 Å². The molecule has 4 heteroatoms. The van der Waals surface area contributed by atoms with Gasteiger partial charge in [-0.25, -0.2) is 0 Å². The lowest BCUT2D eigenvalue weighted by atomic mass is 9.93. The Morgan fingerprint density at radius 2 is 2.14 bits per heavy atom. The van der Waals surface area contributed by atoms with E-state index >= 15 is 0 Å². The van der Waals surface area contributed by atoms with Crippen LogP contribution in [0.2, 0.25) is 0 Å². The third-order valence-electron chi connectivity index (χ3n) is 2.60. The highest BCUT2D eigenvalue weighted by Gasteiger charge is 2.37. The molecule has 0 aromatic heterocycles. The van der Waals surface area contributed by atoms with Gasteiger partial charge in [-0.3, -0.25) is 9.69 Å². The van der Waals surface area contributed by atoms with Crippen LogP contribution in [0.3, 0.4) is 0 Å². The quantitative estimate of drug-likeness (QED) is 0.669. The fourth-order valence-corrected chi connectivity index (χ4v) is 1.63. The van der Waals surface area contributed by atoms with Crippen LogP contribution in [-0.2, 0) is 9.53 Å². The zero-order valence-electron chi connectivity index (χ0n) is 9.12. The van der Waals surface area contributed by atoms with E-state index < -0.39 is 0 Å². The first-order valence-electron chi connectivity index (χ1n) is 5.04. The molecule has 14 heavy (non-hydrogen) atoms. The predicted octanol–water partition coefficient (Wildman–Crippen LogP) is 0.395. The summed E-state index contributed by atoms with van der Waals surface area (Å²) in [7, 11) is 0. The lowest BCUT2D eigenvalue weighted by Crippen LogP contribution is -2.60. The number of ether oxygens (including phenoxy) is 1. The van der Waals surface area contributed by atoms with Crippen molar-refractivity contribution >= 4 is 5.97 Å². The van der Waals surface area contributed by atoms with Crippen molar-refractivity contribution < 1.29 is 14.6 Å². The van der Waals surface area contributed by atoms with E-state index in [-0.39, 0.29) is 17.6 Å². The second-order valence-corrected chi connectivity index (χ2v) is 4.35. The summed E-state index contributed by atoms with van der Waals surface area (Å²) in [6, 6.07) is 0. The summed E-state index contributed by atoms with van der Waals surface area (Å²) in [5.41, 5.74) is -0.203. The average Bonchev–Trinajstić information content (AvgIpc) is 1.98. The van der Waals surface area contributed by atoms with Gasteiger partial charge in [0.05, 0.1) is 19.1 Å². The Labute approximate surface area is 84.8 Å². The summed E-state index contributed by atoms with van der Waals surface area (Å²) >= 11 is 0. The zero-order chi connectivity index (χ0) is 10.8. The van der Waals surface area contributed by atoms with Crippen LogP contribution >= 0.6 is 0 Å². The van der Waals surface area contributed by atoms with Crippen molar-refractivity contribution in [3.8, 4) is 0 Å². The SMILES string of the molecule is CCOC(=O)CC(C)(C)N1CC(O)C1. The molecule has 0 amide bonds. The third-order valence-corrected chi connectivity index (χ3v) is 2.60. The van der Waals surface area contributed by atoms with E-state index in [9.17, 15) is 4.79 Å². The van der Waals surface area contributed by atoms with E-state index in [1.165, 1.54) is 0 Å². The molecule has 1 N–H and O–H groups in total. The molecular weight excluding hydrogens is 182 g/mol. The van der Waals surface area contributed by atoms with Crippen LogP contribution in [0.25, 0.3) is 0 Å². The Balaban J connectivity index is 2.37. The minimum atomic E-state index is -0.225. The predicted molar refractivity (Wildman–Crippen MR) is 52.9 cm³/mol. The molecule has 0 radical (unpaired) electrons. The highest BCUT2D eigenvalue weighted by molar-refractivity contribution is 5.70. The highest BCUT2D eigenvalue weighted by Crippen LogP contribution is 2.25. The molecule has 1 aliphatic rings. The molecule has 1 saturated heterocycles. The van der Waals surface area contributed by atoms with E-state index in [0.717, 1.165) is 0 Å². The Kier molecular flexibility index (Phi) is 3.50. The maximum Gasteiger partial charge on any atom is 0.307 e. The molecule has 0 saturated carbocycles. The van der Waals surface area contributed by atoms with E-state index in [1.807, 2.05) is 13.8 Å². The maximum atomic E-state index is 11.3. The van der Waals surface area contributed by atoms with Gasteiger partial charge in [-0.15, -0.1) is 0 Å². The third kappa shape index (κ3) is 2.69. The molecule has 0 atom stereocenters. The van der Waals surface area contributed by atoms with Crippen molar-refractivity contribution in [2.45, 2.75) is 38.8 Å². The van der Waals surface area contributed by atoms with Crippen LogP contribution < -0.4 is 0 Å². The summed E-state index contributed by atoms with van der Waals surface area (Å²) in [6.45, 7) is 7.54. The number of aliphatic hydroxyl groups excluding tert-OH is 1. The largest absolute Gasteiger partial charge is 0.466 e. The number of esters is 1. The normalized spacial score (nSPS) is 19.1. The monoisotopic (exact) mass is 201 g/mol. The molecule has 1 rings (SSSR count). The van der Waals surface area contributed by atoms with E-state index in [0.29, 0.717) is 26.1 Å². The van der Waals surface area contributed by atoms with Crippen LogP contribution in [0.1, 0.15) is 27.2 Å². The number of hydrogen-bond donors (Lipinski definition) is 1. The highest BCUT2D eigenvalue weighted by atomic mass is 16.5. The van der Waals surface area contributed by atoms with Gasteiger partial charge >= 0.3 is 5.97 Å². The molecule has 0 bridgehead atoms. The Morgan fingerprint density at radius 1 is 1.57 bits per heavy atom. The van der Waals surface area contributed by atoms with Crippen LogP contribution in [-0.4, -0.2) is 47.3 Å². The summed E-state index contributed by atoms with van der Waals surface area (Å²) < 4.78 is 4.90. The smallest absolute Gasteiger partial charge is 0.307 e. The first-order valence-corrected chi connectivity index (χ1v) is 5.04.